The Morgan fingerprint density at radius 3 is 2.81 bits per heavy atom. The summed E-state index contributed by atoms with van der Waals surface area (Å²) < 4.78 is 0. The number of hydrogen-bond acceptors (Lipinski definition) is 2. The lowest BCUT2D eigenvalue weighted by atomic mass is 10.1. The fraction of sp³-hybridized carbons (Fsp3) is 0.417. The van der Waals surface area contributed by atoms with E-state index in [2.05, 4.69) is 5.32 Å². The number of phenolic OH excluding ortho intramolecular Hbond substituents is 1. The Bertz CT molecular complexity index is 375. The molecular weight excluding hydrogens is 226 g/mol. The van der Waals surface area contributed by atoms with Gasteiger partial charge in [-0.3, -0.25) is 4.79 Å². The molecule has 2 N–H and O–H groups in total. The summed E-state index contributed by atoms with van der Waals surface area (Å²) in [7, 11) is 0. The van der Waals surface area contributed by atoms with E-state index in [1.165, 1.54) is 0 Å². The normalized spacial score (nSPS) is 12.2. The van der Waals surface area contributed by atoms with E-state index in [9.17, 15) is 9.90 Å². The van der Waals surface area contributed by atoms with Crippen LogP contribution in [0.25, 0.3) is 0 Å². The van der Waals surface area contributed by atoms with Gasteiger partial charge in [0, 0.05) is 11.9 Å². The van der Waals surface area contributed by atoms with Crippen LogP contribution in [-0.4, -0.2) is 22.9 Å². The maximum Gasteiger partial charge on any atom is 0.255 e. The van der Waals surface area contributed by atoms with Gasteiger partial charge in [0.2, 0.25) is 0 Å². The number of rotatable bonds is 4. The van der Waals surface area contributed by atoms with Crippen molar-refractivity contribution in [1.29, 1.82) is 0 Å². The van der Waals surface area contributed by atoms with E-state index in [1.807, 2.05) is 6.92 Å². The molecule has 0 aromatic heterocycles. The van der Waals surface area contributed by atoms with Gasteiger partial charge in [-0.2, -0.15) is 0 Å². The molecule has 1 unspecified atom stereocenters. The lowest BCUT2D eigenvalue weighted by Crippen LogP contribution is -2.35. The zero-order chi connectivity index (χ0) is 12.1. The second kappa shape index (κ2) is 5.75. The topological polar surface area (TPSA) is 49.3 Å². The molecule has 88 valence electrons. The van der Waals surface area contributed by atoms with Gasteiger partial charge in [-0.25, -0.2) is 0 Å². The number of carbonyl (C=O) groups excluding carboxylic acids is 1. The van der Waals surface area contributed by atoms with Crippen molar-refractivity contribution in [2.75, 3.05) is 5.88 Å². The van der Waals surface area contributed by atoms with Gasteiger partial charge >= 0.3 is 0 Å². The second-order valence-electron chi connectivity index (χ2n) is 3.70. The van der Waals surface area contributed by atoms with Crippen LogP contribution in [0.15, 0.2) is 18.2 Å². The first-order valence-electron chi connectivity index (χ1n) is 5.25. The third-order valence-corrected chi connectivity index (χ3v) is 2.87. The van der Waals surface area contributed by atoms with E-state index in [-0.39, 0.29) is 17.7 Å². The number of amides is 1. The fourth-order valence-corrected chi connectivity index (χ4v) is 1.65. The average Bonchev–Trinajstić information content (AvgIpc) is 2.29. The predicted octanol–water partition coefficient (Wildman–Crippen LogP) is 2.45. The maximum atomic E-state index is 11.8. The predicted molar refractivity (Wildman–Crippen MR) is 65.1 cm³/mol. The molecule has 0 fully saturated rings. The van der Waals surface area contributed by atoms with E-state index in [1.54, 1.807) is 25.1 Å². The summed E-state index contributed by atoms with van der Waals surface area (Å²) in [5, 5.41) is 12.5. The van der Waals surface area contributed by atoms with Crippen LogP contribution in [0.5, 0.6) is 5.75 Å². The van der Waals surface area contributed by atoms with E-state index in [0.29, 0.717) is 17.0 Å². The van der Waals surface area contributed by atoms with E-state index < -0.39 is 0 Å². The van der Waals surface area contributed by atoms with Gasteiger partial charge in [-0.15, -0.1) is 11.6 Å². The highest BCUT2D eigenvalue weighted by Gasteiger charge is 2.15. The van der Waals surface area contributed by atoms with Crippen molar-refractivity contribution in [3.8, 4) is 5.75 Å². The molecule has 0 saturated heterocycles. The summed E-state index contributed by atoms with van der Waals surface area (Å²) in [5.74, 6) is 0.118. The summed E-state index contributed by atoms with van der Waals surface area (Å²) in [6.07, 6.45) is 0.766. The molecule has 3 nitrogen and oxygen atoms in total. The lowest BCUT2D eigenvalue weighted by molar-refractivity contribution is 0.0937. The molecule has 0 bridgehead atoms. The van der Waals surface area contributed by atoms with Crippen LogP contribution >= 0.6 is 11.6 Å². The molecule has 0 aliphatic rings. The molecule has 0 saturated carbocycles. The number of nitrogens with one attached hydrogen (secondary N) is 1. The van der Waals surface area contributed by atoms with E-state index in [0.717, 1.165) is 6.42 Å². The van der Waals surface area contributed by atoms with Gasteiger partial charge in [0.15, 0.2) is 0 Å². The van der Waals surface area contributed by atoms with Crippen molar-refractivity contribution in [2.45, 2.75) is 26.3 Å². The van der Waals surface area contributed by atoms with Crippen LogP contribution in [0.4, 0.5) is 0 Å². The standard InChI is InChI=1S/C12H16ClNO2/c1-3-9(7-13)14-12(16)10-6-4-5-8(2)11(10)15/h4-6,9,15H,3,7H2,1-2H3,(H,14,16). The molecular formula is C12H16ClNO2. The Kier molecular flexibility index (Phi) is 4.62. The number of para-hydroxylation sites is 1. The number of hydrogen-bond donors (Lipinski definition) is 2. The van der Waals surface area contributed by atoms with Gasteiger partial charge < -0.3 is 10.4 Å². The molecule has 1 atom stereocenters. The number of aryl methyl sites for hydroxylation is 1. The molecule has 16 heavy (non-hydrogen) atoms. The number of phenols is 1. The number of halogens is 1. The Morgan fingerprint density at radius 1 is 1.56 bits per heavy atom. The number of carbonyl (C=O) groups is 1. The van der Waals surface area contributed by atoms with E-state index in [4.69, 9.17) is 11.6 Å². The minimum absolute atomic E-state index is 0.0319. The van der Waals surface area contributed by atoms with Crippen molar-refractivity contribution < 1.29 is 9.90 Å². The van der Waals surface area contributed by atoms with Crippen molar-refractivity contribution in [2.24, 2.45) is 0 Å². The summed E-state index contributed by atoms with van der Waals surface area (Å²) >= 11 is 5.69. The summed E-state index contributed by atoms with van der Waals surface area (Å²) in [6.45, 7) is 3.70. The van der Waals surface area contributed by atoms with Gasteiger partial charge in [0.25, 0.3) is 5.91 Å². The molecule has 1 rings (SSSR count). The van der Waals surface area contributed by atoms with Crippen LogP contribution in [0, 0.1) is 6.92 Å². The van der Waals surface area contributed by atoms with Crippen molar-refractivity contribution in [1.82, 2.24) is 5.32 Å². The zero-order valence-electron chi connectivity index (χ0n) is 9.46. The van der Waals surface area contributed by atoms with Crippen molar-refractivity contribution in [3.05, 3.63) is 29.3 Å². The van der Waals surface area contributed by atoms with Crippen LogP contribution in [-0.2, 0) is 0 Å². The smallest absolute Gasteiger partial charge is 0.255 e. The van der Waals surface area contributed by atoms with Gasteiger partial charge in [0.05, 0.1) is 5.56 Å². The quantitative estimate of drug-likeness (QED) is 0.796. The highest BCUT2D eigenvalue weighted by Crippen LogP contribution is 2.21. The third kappa shape index (κ3) is 2.89. The highest BCUT2D eigenvalue weighted by atomic mass is 35.5. The van der Waals surface area contributed by atoms with Crippen molar-refractivity contribution in [3.63, 3.8) is 0 Å². The SMILES string of the molecule is CCC(CCl)NC(=O)c1cccc(C)c1O. The highest BCUT2D eigenvalue weighted by molar-refractivity contribution is 6.18. The summed E-state index contributed by atoms with van der Waals surface area (Å²) in [5.41, 5.74) is 0.982. The minimum atomic E-state index is -0.284. The Labute approximate surface area is 100 Å². The van der Waals surface area contributed by atoms with Gasteiger partial charge in [-0.05, 0) is 25.0 Å². The van der Waals surface area contributed by atoms with Gasteiger partial charge in [-0.1, -0.05) is 19.1 Å². The molecule has 1 aromatic carbocycles. The Balaban J connectivity index is 2.84. The van der Waals surface area contributed by atoms with E-state index >= 15 is 0 Å². The first-order chi connectivity index (χ1) is 7.60. The Morgan fingerprint density at radius 2 is 2.25 bits per heavy atom. The van der Waals surface area contributed by atoms with Crippen LogP contribution < -0.4 is 5.32 Å². The van der Waals surface area contributed by atoms with Gasteiger partial charge in [0.1, 0.15) is 5.75 Å². The molecule has 0 spiro atoms. The Hall–Kier alpha value is -1.22. The first kappa shape index (κ1) is 12.8. The molecule has 0 heterocycles. The summed E-state index contributed by atoms with van der Waals surface area (Å²) in [4.78, 5) is 11.8. The lowest BCUT2D eigenvalue weighted by Gasteiger charge is -2.14. The molecule has 1 amide bonds. The molecule has 0 aliphatic carbocycles. The first-order valence-corrected chi connectivity index (χ1v) is 5.79. The minimum Gasteiger partial charge on any atom is -0.507 e. The van der Waals surface area contributed by atoms with Crippen LogP contribution in [0.1, 0.15) is 29.3 Å². The maximum absolute atomic E-state index is 11.8. The molecule has 0 aliphatic heterocycles. The molecule has 4 heteroatoms. The molecule has 1 aromatic rings. The molecule has 0 radical (unpaired) electrons. The number of benzene rings is 1. The van der Waals surface area contributed by atoms with Crippen molar-refractivity contribution >= 4 is 17.5 Å². The number of alkyl halides is 1. The fourth-order valence-electron chi connectivity index (χ4n) is 1.36. The zero-order valence-corrected chi connectivity index (χ0v) is 10.2. The average molecular weight is 242 g/mol. The monoisotopic (exact) mass is 241 g/mol. The third-order valence-electron chi connectivity index (χ3n) is 2.50. The van der Waals surface area contributed by atoms with Crippen LogP contribution in [0.3, 0.4) is 0 Å². The number of aromatic hydroxyl groups is 1. The van der Waals surface area contributed by atoms with Crippen LogP contribution in [0.2, 0.25) is 0 Å². The summed E-state index contributed by atoms with van der Waals surface area (Å²) in [6, 6.07) is 5.03. The second-order valence-corrected chi connectivity index (χ2v) is 4.01. The largest absolute Gasteiger partial charge is 0.507 e.